The summed E-state index contributed by atoms with van der Waals surface area (Å²) in [6, 6.07) is 7.54. The lowest BCUT2D eigenvalue weighted by Crippen LogP contribution is -2.31. The number of aromatic nitrogens is 1. The number of carbonyl (C=O) groups is 1. The number of rotatable bonds is 7. The zero-order valence-corrected chi connectivity index (χ0v) is 15.3. The Balaban J connectivity index is 2.17. The van der Waals surface area contributed by atoms with Crippen LogP contribution >= 0.6 is 0 Å². The van der Waals surface area contributed by atoms with Crippen molar-refractivity contribution in [2.45, 2.75) is 47.5 Å². The standard InChI is InChI=1S/C20H28N2O2/c1-13(2)9-10-18(23)20(4,5)12-24-17-8-6-7-16-19(17)15(21)11-14(3)22-16/h6-8,11,13H,9-10,12H2,1-5H3,(H2,21,22). The number of carbonyl (C=O) groups excluding carboxylic acids is 1. The van der Waals surface area contributed by atoms with Crippen molar-refractivity contribution in [3.8, 4) is 5.75 Å². The molecule has 2 N–H and O–H groups in total. The lowest BCUT2D eigenvalue weighted by Gasteiger charge is -2.24. The van der Waals surface area contributed by atoms with Gasteiger partial charge in [0.05, 0.1) is 16.3 Å². The normalized spacial score (nSPS) is 11.9. The Hall–Kier alpha value is -2.10. The van der Waals surface area contributed by atoms with E-state index in [1.165, 1.54) is 0 Å². The van der Waals surface area contributed by atoms with Crippen LogP contribution in [0, 0.1) is 18.3 Å². The Morgan fingerprint density at radius 3 is 2.71 bits per heavy atom. The van der Waals surface area contributed by atoms with E-state index >= 15 is 0 Å². The monoisotopic (exact) mass is 328 g/mol. The first kappa shape index (κ1) is 18.2. The second kappa shape index (κ2) is 7.20. The summed E-state index contributed by atoms with van der Waals surface area (Å²) in [6.07, 6.45) is 1.50. The maximum atomic E-state index is 12.4. The van der Waals surface area contributed by atoms with E-state index in [0.29, 0.717) is 30.4 Å². The van der Waals surface area contributed by atoms with Gasteiger partial charge in [0, 0.05) is 17.8 Å². The summed E-state index contributed by atoms with van der Waals surface area (Å²) in [5, 5.41) is 0.813. The molecular formula is C20H28N2O2. The molecule has 0 fully saturated rings. The average molecular weight is 328 g/mol. The van der Waals surface area contributed by atoms with E-state index in [1.54, 1.807) is 0 Å². The molecular weight excluding hydrogens is 300 g/mol. The third kappa shape index (κ3) is 4.25. The van der Waals surface area contributed by atoms with E-state index in [-0.39, 0.29) is 5.78 Å². The second-order valence-electron chi connectivity index (χ2n) is 7.53. The molecule has 0 unspecified atom stereocenters. The number of nitrogens with zero attached hydrogens (tertiary/aromatic N) is 1. The minimum absolute atomic E-state index is 0.235. The van der Waals surface area contributed by atoms with Gasteiger partial charge in [-0.1, -0.05) is 19.9 Å². The first-order valence-corrected chi connectivity index (χ1v) is 8.52. The molecule has 2 rings (SSSR count). The van der Waals surface area contributed by atoms with E-state index in [0.717, 1.165) is 23.0 Å². The lowest BCUT2D eigenvalue weighted by molar-refractivity contribution is -0.128. The van der Waals surface area contributed by atoms with Crippen molar-refractivity contribution in [3.05, 3.63) is 30.0 Å². The fraction of sp³-hybridized carbons (Fsp3) is 0.500. The van der Waals surface area contributed by atoms with Crippen LogP contribution in [0.1, 0.15) is 46.2 Å². The highest BCUT2D eigenvalue weighted by atomic mass is 16.5. The molecule has 1 heterocycles. The number of hydrogen-bond acceptors (Lipinski definition) is 4. The number of Topliss-reactive ketones (excluding diaryl/α,β-unsaturated/α-hetero) is 1. The Kier molecular flexibility index (Phi) is 5.47. The number of hydrogen-bond donors (Lipinski definition) is 1. The average Bonchev–Trinajstić information content (AvgIpc) is 2.49. The third-order valence-corrected chi connectivity index (χ3v) is 4.25. The molecule has 0 saturated carbocycles. The molecule has 0 aliphatic heterocycles. The molecule has 0 atom stereocenters. The summed E-state index contributed by atoms with van der Waals surface area (Å²) in [5.74, 6) is 1.44. The smallest absolute Gasteiger partial charge is 0.141 e. The van der Waals surface area contributed by atoms with Gasteiger partial charge >= 0.3 is 0 Å². The maximum Gasteiger partial charge on any atom is 0.141 e. The SMILES string of the molecule is Cc1cc(N)c2c(OCC(C)(C)C(=O)CCC(C)C)cccc2n1. The molecule has 2 aromatic rings. The van der Waals surface area contributed by atoms with Crippen LogP contribution in [0.4, 0.5) is 5.69 Å². The minimum Gasteiger partial charge on any atom is -0.492 e. The molecule has 0 spiro atoms. The van der Waals surface area contributed by atoms with Gasteiger partial charge in [-0.15, -0.1) is 0 Å². The largest absolute Gasteiger partial charge is 0.492 e. The van der Waals surface area contributed by atoms with Crippen LogP contribution in [0.3, 0.4) is 0 Å². The predicted molar refractivity (Wildman–Crippen MR) is 99.2 cm³/mol. The van der Waals surface area contributed by atoms with E-state index in [1.807, 2.05) is 45.0 Å². The number of nitrogen functional groups attached to an aromatic ring is 1. The van der Waals surface area contributed by atoms with Gasteiger partial charge in [0.15, 0.2) is 0 Å². The van der Waals surface area contributed by atoms with E-state index < -0.39 is 5.41 Å². The highest BCUT2D eigenvalue weighted by Crippen LogP contribution is 2.32. The number of ketones is 1. The quantitative estimate of drug-likeness (QED) is 0.810. The van der Waals surface area contributed by atoms with Crippen LogP contribution in [-0.4, -0.2) is 17.4 Å². The summed E-state index contributed by atoms with van der Waals surface area (Å²) in [5.41, 5.74) is 7.97. The molecule has 130 valence electrons. The Morgan fingerprint density at radius 2 is 2.04 bits per heavy atom. The van der Waals surface area contributed by atoms with E-state index in [4.69, 9.17) is 10.5 Å². The zero-order chi connectivity index (χ0) is 17.9. The fourth-order valence-electron chi connectivity index (χ4n) is 2.64. The van der Waals surface area contributed by atoms with Crippen molar-refractivity contribution < 1.29 is 9.53 Å². The van der Waals surface area contributed by atoms with E-state index in [2.05, 4.69) is 18.8 Å². The third-order valence-electron chi connectivity index (χ3n) is 4.25. The number of nitrogens with two attached hydrogens (primary N) is 1. The Bertz CT molecular complexity index is 736. The maximum absolute atomic E-state index is 12.4. The van der Waals surface area contributed by atoms with Gasteiger partial charge in [-0.25, -0.2) is 0 Å². The van der Waals surface area contributed by atoms with Crippen molar-refractivity contribution >= 4 is 22.4 Å². The molecule has 0 radical (unpaired) electrons. The summed E-state index contributed by atoms with van der Waals surface area (Å²) in [7, 11) is 0. The number of ether oxygens (including phenoxy) is 1. The summed E-state index contributed by atoms with van der Waals surface area (Å²) < 4.78 is 5.99. The van der Waals surface area contributed by atoms with Crippen LogP contribution in [0.2, 0.25) is 0 Å². The Morgan fingerprint density at radius 1 is 1.33 bits per heavy atom. The van der Waals surface area contributed by atoms with Crippen LogP contribution in [0.5, 0.6) is 5.75 Å². The van der Waals surface area contributed by atoms with Gasteiger partial charge in [-0.3, -0.25) is 9.78 Å². The zero-order valence-electron chi connectivity index (χ0n) is 15.3. The molecule has 0 aliphatic carbocycles. The molecule has 24 heavy (non-hydrogen) atoms. The Labute approximate surface area is 144 Å². The number of anilines is 1. The molecule has 0 saturated heterocycles. The summed E-state index contributed by atoms with van der Waals surface area (Å²) in [6.45, 7) is 10.4. The van der Waals surface area contributed by atoms with Gasteiger partial charge in [-0.05, 0) is 51.3 Å². The summed E-state index contributed by atoms with van der Waals surface area (Å²) >= 11 is 0. The van der Waals surface area contributed by atoms with Crippen molar-refractivity contribution in [2.24, 2.45) is 11.3 Å². The summed E-state index contributed by atoms with van der Waals surface area (Å²) in [4.78, 5) is 16.9. The molecule has 0 amide bonds. The minimum atomic E-state index is -0.524. The number of pyridine rings is 1. The molecule has 0 aliphatic rings. The van der Waals surface area contributed by atoms with Crippen molar-refractivity contribution in [1.82, 2.24) is 4.98 Å². The molecule has 4 nitrogen and oxygen atoms in total. The highest BCUT2D eigenvalue weighted by Gasteiger charge is 2.28. The molecule has 0 bridgehead atoms. The van der Waals surface area contributed by atoms with Crippen molar-refractivity contribution in [1.29, 1.82) is 0 Å². The number of benzene rings is 1. The van der Waals surface area contributed by atoms with Crippen LogP contribution < -0.4 is 10.5 Å². The van der Waals surface area contributed by atoms with Crippen LogP contribution in [0.25, 0.3) is 10.9 Å². The van der Waals surface area contributed by atoms with Gasteiger partial charge in [0.25, 0.3) is 0 Å². The van der Waals surface area contributed by atoms with Gasteiger partial charge in [-0.2, -0.15) is 0 Å². The van der Waals surface area contributed by atoms with Crippen LogP contribution in [0.15, 0.2) is 24.3 Å². The second-order valence-corrected chi connectivity index (χ2v) is 7.53. The topological polar surface area (TPSA) is 65.2 Å². The van der Waals surface area contributed by atoms with E-state index in [9.17, 15) is 4.79 Å². The van der Waals surface area contributed by atoms with Gasteiger partial charge < -0.3 is 10.5 Å². The predicted octanol–water partition coefficient (Wildman–Crippen LogP) is 4.54. The van der Waals surface area contributed by atoms with Crippen molar-refractivity contribution in [2.75, 3.05) is 12.3 Å². The molecule has 1 aromatic heterocycles. The molecule has 4 heteroatoms. The van der Waals surface area contributed by atoms with Gasteiger partial charge in [0.2, 0.25) is 0 Å². The molecule has 1 aromatic carbocycles. The first-order valence-electron chi connectivity index (χ1n) is 8.52. The van der Waals surface area contributed by atoms with Crippen LogP contribution in [-0.2, 0) is 4.79 Å². The van der Waals surface area contributed by atoms with Gasteiger partial charge in [0.1, 0.15) is 18.1 Å². The lowest BCUT2D eigenvalue weighted by atomic mass is 9.85. The van der Waals surface area contributed by atoms with Crippen molar-refractivity contribution in [3.63, 3.8) is 0 Å². The number of fused-ring (bicyclic) bond motifs is 1. The number of aryl methyl sites for hydroxylation is 1. The highest BCUT2D eigenvalue weighted by molar-refractivity contribution is 5.95. The first-order chi connectivity index (χ1) is 11.2. The fourth-order valence-corrected chi connectivity index (χ4v) is 2.64.